The summed E-state index contributed by atoms with van der Waals surface area (Å²) >= 11 is 6.14. The number of hydrogen-bond donors (Lipinski definition) is 3. The number of nitrogens with two attached hydrogens (primary N) is 1. The van der Waals surface area contributed by atoms with E-state index in [1.54, 1.807) is 0 Å². The van der Waals surface area contributed by atoms with Crippen molar-refractivity contribution in [1.29, 1.82) is 0 Å². The highest BCUT2D eigenvalue weighted by Gasteiger charge is 2.23. The zero-order chi connectivity index (χ0) is 20.3. The van der Waals surface area contributed by atoms with Crippen LogP contribution in [0.2, 0.25) is 5.15 Å². The maximum atomic E-state index is 11.7. The SMILES string of the molecule is CCc1nc(C(N)=O)c(Nc2ccc(N3CCN(C)[C@@H](CO)C3)cc2)nc1Cl. The van der Waals surface area contributed by atoms with Gasteiger partial charge < -0.3 is 21.1 Å². The van der Waals surface area contributed by atoms with Crippen LogP contribution in [0.25, 0.3) is 0 Å². The summed E-state index contributed by atoms with van der Waals surface area (Å²) in [7, 11) is 2.03. The van der Waals surface area contributed by atoms with Gasteiger partial charge in [0.2, 0.25) is 0 Å². The van der Waals surface area contributed by atoms with Gasteiger partial charge in [0, 0.05) is 31.0 Å². The number of aryl methyl sites for hydroxylation is 1. The number of hydrogen-bond acceptors (Lipinski definition) is 7. The summed E-state index contributed by atoms with van der Waals surface area (Å²) in [6.07, 6.45) is 0.556. The molecule has 0 spiro atoms. The van der Waals surface area contributed by atoms with E-state index < -0.39 is 5.91 Å². The van der Waals surface area contributed by atoms with Crippen molar-refractivity contribution in [3.63, 3.8) is 0 Å². The lowest BCUT2D eigenvalue weighted by molar-refractivity contribution is 0.0996. The molecule has 1 aromatic heterocycles. The monoisotopic (exact) mass is 404 g/mol. The van der Waals surface area contributed by atoms with Gasteiger partial charge in [-0.1, -0.05) is 18.5 Å². The van der Waals surface area contributed by atoms with E-state index in [-0.39, 0.29) is 29.3 Å². The summed E-state index contributed by atoms with van der Waals surface area (Å²) in [5.74, 6) is -0.423. The van der Waals surface area contributed by atoms with Gasteiger partial charge in [-0.2, -0.15) is 0 Å². The zero-order valence-corrected chi connectivity index (χ0v) is 16.8. The Morgan fingerprint density at radius 3 is 2.64 bits per heavy atom. The first-order valence-corrected chi connectivity index (χ1v) is 9.60. The van der Waals surface area contributed by atoms with Crippen LogP contribution in [0.15, 0.2) is 24.3 Å². The number of amides is 1. The number of aliphatic hydroxyl groups excluding tert-OH is 1. The molecule has 150 valence electrons. The number of nitrogens with zero attached hydrogens (tertiary/aromatic N) is 4. The molecule has 1 aliphatic rings. The van der Waals surface area contributed by atoms with Gasteiger partial charge in [0.25, 0.3) is 5.91 Å². The normalized spacial score (nSPS) is 17.6. The average Bonchev–Trinajstić information content (AvgIpc) is 2.69. The van der Waals surface area contributed by atoms with Crippen molar-refractivity contribution < 1.29 is 9.90 Å². The minimum absolute atomic E-state index is 0.0650. The molecule has 2 heterocycles. The van der Waals surface area contributed by atoms with E-state index in [4.69, 9.17) is 17.3 Å². The highest BCUT2D eigenvalue weighted by molar-refractivity contribution is 6.30. The van der Waals surface area contributed by atoms with Gasteiger partial charge in [0.15, 0.2) is 16.7 Å². The van der Waals surface area contributed by atoms with Crippen LogP contribution in [-0.4, -0.2) is 65.2 Å². The molecule has 4 N–H and O–H groups in total. The molecule has 0 saturated carbocycles. The molecule has 8 nitrogen and oxygen atoms in total. The molecule has 2 aromatic rings. The first-order chi connectivity index (χ1) is 13.4. The van der Waals surface area contributed by atoms with Crippen LogP contribution < -0.4 is 16.0 Å². The maximum Gasteiger partial charge on any atom is 0.271 e. The third-order valence-electron chi connectivity index (χ3n) is 4.97. The second kappa shape index (κ2) is 8.72. The zero-order valence-electron chi connectivity index (χ0n) is 16.0. The quantitative estimate of drug-likeness (QED) is 0.671. The third kappa shape index (κ3) is 4.35. The minimum atomic E-state index is -0.662. The van der Waals surface area contributed by atoms with Crippen molar-refractivity contribution in [2.24, 2.45) is 5.73 Å². The number of piperazine rings is 1. The van der Waals surface area contributed by atoms with E-state index in [0.29, 0.717) is 12.1 Å². The Balaban J connectivity index is 1.78. The maximum absolute atomic E-state index is 11.7. The average molecular weight is 405 g/mol. The molecular formula is C19H25ClN6O2. The van der Waals surface area contributed by atoms with Crippen LogP contribution >= 0.6 is 11.6 Å². The topological polar surface area (TPSA) is 108 Å². The van der Waals surface area contributed by atoms with Crippen LogP contribution in [0.4, 0.5) is 17.2 Å². The van der Waals surface area contributed by atoms with Crippen LogP contribution in [0.3, 0.4) is 0 Å². The van der Waals surface area contributed by atoms with Crippen LogP contribution in [-0.2, 0) is 6.42 Å². The number of anilines is 3. The highest BCUT2D eigenvalue weighted by atomic mass is 35.5. The van der Waals surface area contributed by atoms with E-state index in [0.717, 1.165) is 31.0 Å². The van der Waals surface area contributed by atoms with Crippen molar-refractivity contribution in [3.8, 4) is 0 Å². The molecule has 1 saturated heterocycles. The van der Waals surface area contributed by atoms with Crippen molar-refractivity contribution in [2.45, 2.75) is 19.4 Å². The number of likely N-dealkylation sites (N-methyl/N-ethyl adjacent to an activating group) is 1. The van der Waals surface area contributed by atoms with Gasteiger partial charge in [0.05, 0.1) is 18.3 Å². The summed E-state index contributed by atoms with van der Waals surface area (Å²) in [5, 5.41) is 12.9. The van der Waals surface area contributed by atoms with Crippen molar-refractivity contribution in [2.75, 3.05) is 43.5 Å². The summed E-state index contributed by atoms with van der Waals surface area (Å²) in [6.45, 7) is 4.57. The van der Waals surface area contributed by atoms with E-state index in [1.165, 1.54) is 0 Å². The molecule has 3 rings (SSSR count). The molecule has 1 fully saturated rings. The third-order valence-corrected chi connectivity index (χ3v) is 5.27. The van der Waals surface area contributed by atoms with Gasteiger partial charge in [-0.3, -0.25) is 9.69 Å². The lowest BCUT2D eigenvalue weighted by Crippen LogP contribution is -2.53. The fourth-order valence-electron chi connectivity index (χ4n) is 3.20. The number of carbonyl (C=O) groups is 1. The predicted molar refractivity (Wildman–Crippen MR) is 110 cm³/mol. The van der Waals surface area contributed by atoms with E-state index in [1.807, 2.05) is 38.2 Å². The molecular weight excluding hydrogens is 380 g/mol. The van der Waals surface area contributed by atoms with Crippen LogP contribution in [0.1, 0.15) is 23.1 Å². The van der Waals surface area contributed by atoms with Crippen LogP contribution in [0.5, 0.6) is 0 Å². The second-order valence-corrected chi connectivity index (χ2v) is 7.17. The molecule has 0 unspecified atom stereocenters. The van der Waals surface area contributed by atoms with Gasteiger partial charge in [0.1, 0.15) is 0 Å². The fraction of sp³-hybridized carbons (Fsp3) is 0.421. The number of carbonyl (C=O) groups excluding carboxylic acids is 1. The van der Waals surface area contributed by atoms with E-state index in [9.17, 15) is 9.90 Å². The Morgan fingerprint density at radius 1 is 1.32 bits per heavy atom. The van der Waals surface area contributed by atoms with Gasteiger partial charge in [-0.15, -0.1) is 0 Å². The molecule has 9 heteroatoms. The lowest BCUT2D eigenvalue weighted by atomic mass is 10.1. The standard InChI is InChI=1S/C19H25ClN6O2/c1-3-15-17(20)24-19(16(23-15)18(21)28)22-12-4-6-13(7-5-12)26-9-8-25(2)14(10-26)11-27/h4-7,14,27H,3,8-11H2,1-2H3,(H2,21,28)(H,22,24)/t14-/m1/s1. The Morgan fingerprint density at radius 2 is 2.04 bits per heavy atom. The Bertz CT molecular complexity index is 845. The van der Waals surface area contributed by atoms with Crippen molar-refractivity contribution >= 4 is 34.7 Å². The second-order valence-electron chi connectivity index (χ2n) is 6.81. The summed E-state index contributed by atoms with van der Waals surface area (Å²) in [6, 6.07) is 7.90. The van der Waals surface area contributed by atoms with Crippen molar-refractivity contribution in [1.82, 2.24) is 14.9 Å². The largest absolute Gasteiger partial charge is 0.395 e. The first-order valence-electron chi connectivity index (χ1n) is 9.22. The van der Waals surface area contributed by atoms with Crippen molar-refractivity contribution in [3.05, 3.63) is 40.8 Å². The molecule has 28 heavy (non-hydrogen) atoms. The molecule has 1 aromatic carbocycles. The molecule has 1 aliphatic heterocycles. The number of aromatic nitrogens is 2. The number of rotatable bonds is 6. The number of benzene rings is 1. The Kier molecular flexibility index (Phi) is 6.33. The molecule has 1 atom stereocenters. The van der Waals surface area contributed by atoms with Gasteiger partial charge >= 0.3 is 0 Å². The molecule has 0 bridgehead atoms. The predicted octanol–water partition coefficient (Wildman–Crippen LogP) is 1.65. The van der Waals surface area contributed by atoms with Gasteiger partial charge in [-0.25, -0.2) is 9.97 Å². The first kappa shape index (κ1) is 20.3. The van der Waals surface area contributed by atoms with Gasteiger partial charge in [-0.05, 0) is 37.7 Å². The number of nitrogens with one attached hydrogen (secondary N) is 1. The summed E-state index contributed by atoms with van der Waals surface area (Å²) in [5.41, 5.74) is 7.85. The summed E-state index contributed by atoms with van der Waals surface area (Å²) < 4.78 is 0. The van der Waals surface area contributed by atoms with Crippen LogP contribution in [0, 0.1) is 0 Å². The fourth-order valence-corrected chi connectivity index (χ4v) is 3.46. The highest BCUT2D eigenvalue weighted by Crippen LogP contribution is 2.25. The number of halogens is 1. The Hall–Kier alpha value is -2.42. The van der Waals surface area contributed by atoms with E-state index in [2.05, 4.69) is 25.1 Å². The minimum Gasteiger partial charge on any atom is -0.395 e. The molecule has 0 radical (unpaired) electrons. The lowest BCUT2D eigenvalue weighted by Gasteiger charge is -2.39. The number of aliphatic hydroxyl groups is 1. The molecule has 0 aliphatic carbocycles. The summed E-state index contributed by atoms with van der Waals surface area (Å²) in [4.78, 5) is 24.6. The Labute approximate surface area is 169 Å². The van der Waals surface area contributed by atoms with E-state index >= 15 is 0 Å². The smallest absolute Gasteiger partial charge is 0.271 e. The molecule has 1 amide bonds. The number of primary amides is 1.